The number of nitrogens with two attached hydrogens (primary N) is 1. The van der Waals surface area contributed by atoms with Crippen molar-refractivity contribution >= 4 is 28.6 Å². The number of rotatable bonds is 2. The fraction of sp³-hybridized carbons (Fsp3) is 0.312. The van der Waals surface area contributed by atoms with E-state index in [4.69, 9.17) is 5.73 Å². The van der Waals surface area contributed by atoms with Gasteiger partial charge in [-0.1, -0.05) is 0 Å². The number of carbonyl (C=O) groups excluding carboxylic acids is 1. The molecule has 3 rings (SSSR count). The summed E-state index contributed by atoms with van der Waals surface area (Å²) in [5, 5.41) is 4.77. The summed E-state index contributed by atoms with van der Waals surface area (Å²) in [4.78, 5) is 15.5. The molecule has 110 valence electrons. The normalized spacial score (nSPS) is 17.4. The van der Waals surface area contributed by atoms with Crippen LogP contribution in [0.3, 0.4) is 0 Å². The largest absolute Gasteiger partial charge is 0.397 e. The Morgan fingerprint density at radius 3 is 2.95 bits per heavy atom. The molecule has 1 aliphatic rings. The number of nitrogens with one attached hydrogen (secondary N) is 1. The predicted octanol–water partition coefficient (Wildman–Crippen LogP) is 2.81. The van der Waals surface area contributed by atoms with E-state index in [0.717, 1.165) is 18.7 Å². The van der Waals surface area contributed by atoms with Crippen molar-refractivity contribution in [3.63, 3.8) is 0 Å². The molecule has 1 aromatic heterocycles. The molecule has 1 amide bonds. The first-order valence-corrected chi connectivity index (χ1v) is 7.94. The van der Waals surface area contributed by atoms with E-state index in [1.807, 2.05) is 23.5 Å². The molecule has 0 bridgehead atoms. The third kappa shape index (κ3) is 2.38. The number of carbonyl (C=O) groups is 1. The van der Waals surface area contributed by atoms with E-state index < -0.39 is 0 Å². The predicted molar refractivity (Wildman–Crippen MR) is 88.0 cm³/mol. The van der Waals surface area contributed by atoms with Crippen LogP contribution in [-0.2, 0) is 6.42 Å². The number of nitrogen functional groups attached to an aromatic ring is 1. The van der Waals surface area contributed by atoms with Gasteiger partial charge in [-0.05, 0) is 48.6 Å². The molecular weight excluding hydrogens is 282 g/mol. The highest BCUT2D eigenvalue weighted by Crippen LogP contribution is 2.38. The Labute approximate surface area is 128 Å². The molecule has 2 heterocycles. The van der Waals surface area contributed by atoms with Gasteiger partial charge in [0.15, 0.2) is 0 Å². The van der Waals surface area contributed by atoms with Crippen LogP contribution in [0.2, 0.25) is 0 Å². The van der Waals surface area contributed by atoms with Gasteiger partial charge in [-0.2, -0.15) is 0 Å². The maximum Gasteiger partial charge on any atom is 0.251 e. The number of thiophene rings is 1. The van der Waals surface area contributed by atoms with Crippen LogP contribution >= 0.6 is 11.3 Å². The van der Waals surface area contributed by atoms with E-state index in [0.29, 0.717) is 17.3 Å². The van der Waals surface area contributed by atoms with E-state index in [-0.39, 0.29) is 5.91 Å². The number of fused-ring (bicyclic) bond motifs is 1. The van der Waals surface area contributed by atoms with Crippen LogP contribution in [0.15, 0.2) is 29.6 Å². The number of nitrogens with zero attached hydrogens (tertiary/aromatic N) is 1. The second-order valence-corrected chi connectivity index (χ2v) is 6.27. The van der Waals surface area contributed by atoms with Crippen molar-refractivity contribution in [2.45, 2.75) is 19.4 Å². The highest BCUT2D eigenvalue weighted by Gasteiger charge is 2.26. The standard InChI is InChI=1S/C16H19N3OS/c1-10-12-6-8-21-15(12)5-7-19(10)14-4-3-11(9-13(14)17)16(20)18-2/h3-4,6,8-10H,5,7,17H2,1-2H3,(H,18,20). The Bertz CT molecular complexity index is 680. The second kappa shape index (κ2) is 5.41. The molecular formula is C16H19N3OS. The van der Waals surface area contributed by atoms with Crippen molar-refractivity contribution in [2.24, 2.45) is 0 Å². The highest BCUT2D eigenvalue weighted by molar-refractivity contribution is 7.10. The van der Waals surface area contributed by atoms with Crippen LogP contribution in [-0.4, -0.2) is 19.5 Å². The lowest BCUT2D eigenvalue weighted by Crippen LogP contribution is -2.33. The van der Waals surface area contributed by atoms with Gasteiger partial charge >= 0.3 is 0 Å². The lowest BCUT2D eigenvalue weighted by Gasteiger charge is -2.36. The SMILES string of the molecule is CNC(=O)c1ccc(N2CCc3sccc3C2C)c(N)c1. The van der Waals surface area contributed by atoms with E-state index in [9.17, 15) is 4.79 Å². The quantitative estimate of drug-likeness (QED) is 0.839. The fourth-order valence-corrected chi connectivity index (χ4v) is 3.90. The van der Waals surface area contributed by atoms with Crippen LogP contribution in [0.1, 0.15) is 33.8 Å². The Balaban J connectivity index is 1.93. The van der Waals surface area contributed by atoms with Crippen LogP contribution in [0.5, 0.6) is 0 Å². The Kier molecular flexibility index (Phi) is 3.59. The topological polar surface area (TPSA) is 58.4 Å². The first-order valence-electron chi connectivity index (χ1n) is 7.06. The molecule has 3 N–H and O–H groups in total. The summed E-state index contributed by atoms with van der Waals surface area (Å²) in [7, 11) is 1.62. The average molecular weight is 301 g/mol. The highest BCUT2D eigenvalue weighted by atomic mass is 32.1. The molecule has 0 saturated heterocycles. The molecule has 2 aromatic rings. The molecule has 21 heavy (non-hydrogen) atoms. The molecule has 5 heteroatoms. The van der Waals surface area contributed by atoms with Gasteiger partial charge in [0.25, 0.3) is 5.91 Å². The number of benzene rings is 1. The van der Waals surface area contributed by atoms with Gasteiger partial charge in [0, 0.05) is 24.0 Å². The van der Waals surface area contributed by atoms with E-state index in [1.165, 1.54) is 10.4 Å². The van der Waals surface area contributed by atoms with Gasteiger partial charge in [0.05, 0.1) is 17.4 Å². The number of hydrogen-bond donors (Lipinski definition) is 2. The Morgan fingerprint density at radius 2 is 2.24 bits per heavy atom. The minimum atomic E-state index is -0.111. The summed E-state index contributed by atoms with van der Waals surface area (Å²) in [6, 6.07) is 8.05. The molecule has 0 fully saturated rings. The van der Waals surface area contributed by atoms with Crippen molar-refractivity contribution in [2.75, 3.05) is 24.2 Å². The maximum absolute atomic E-state index is 11.7. The van der Waals surface area contributed by atoms with Gasteiger partial charge in [-0.3, -0.25) is 4.79 Å². The molecule has 1 aromatic carbocycles. The van der Waals surface area contributed by atoms with E-state index in [1.54, 1.807) is 13.1 Å². The zero-order valence-electron chi connectivity index (χ0n) is 12.2. The van der Waals surface area contributed by atoms with E-state index in [2.05, 4.69) is 28.6 Å². The molecule has 1 aliphatic heterocycles. The smallest absolute Gasteiger partial charge is 0.251 e. The van der Waals surface area contributed by atoms with Crippen LogP contribution in [0.25, 0.3) is 0 Å². The summed E-state index contributed by atoms with van der Waals surface area (Å²) in [6.07, 6.45) is 1.05. The minimum absolute atomic E-state index is 0.111. The Morgan fingerprint density at radius 1 is 1.43 bits per heavy atom. The van der Waals surface area contributed by atoms with Crippen molar-refractivity contribution in [1.82, 2.24) is 5.32 Å². The summed E-state index contributed by atoms with van der Waals surface area (Å²) >= 11 is 1.83. The molecule has 4 nitrogen and oxygen atoms in total. The third-order valence-electron chi connectivity index (χ3n) is 4.10. The zero-order chi connectivity index (χ0) is 15.0. The van der Waals surface area contributed by atoms with Crippen molar-refractivity contribution < 1.29 is 4.79 Å². The molecule has 0 aliphatic carbocycles. The molecule has 0 spiro atoms. The fourth-order valence-electron chi connectivity index (χ4n) is 2.94. The van der Waals surface area contributed by atoms with E-state index >= 15 is 0 Å². The average Bonchev–Trinajstić information content (AvgIpc) is 2.97. The molecule has 1 atom stereocenters. The summed E-state index contributed by atoms with van der Waals surface area (Å²) < 4.78 is 0. The summed E-state index contributed by atoms with van der Waals surface area (Å²) in [5.41, 5.74) is 9.83. The van der Waals surface area contributed by atoms with Gasteiger partial charge in [-0.15, -0.1) is 11.3 Å². The van der Waals surface area contributed by atoms with Gasteiger partial charge in [0.1, 0.15) is 0 Å². The van der Waals surface area contributed by atoms with Gasteiger partial charge in [-0.25, -0.2) is 0 Å². The van der Waals surface area contributed by atoms with Crippen LogP contribution < -0.4 is 16.0 Å². The Hall–Kier alpha value is -2.01. The lowest BCUT2D eigenvalue weighted by atomic mass is 10.00. The summed E-state index contributed by atoms with van der Waals surface area (Å²) in [5.74, 6) is -0.111. The maximum atomic E-state index is 11.7. The van der Waals surface area contributed by atoms with Gasteiger partial charge in [0.2, 0.25) is 0 Å². The van der Waals surface area contributed by atoms with Crippen molar-refractivity contribution in [3.8, 4) is 0 Å². The van der Waals surface area contributed by atoms with Crippen molar-refractivity contribution in [3.05, 3.63) is 45.6 Å². The molecule has 0 radical (unpaired) electrons. The van der Waals surface area contributed by atoms with Crippen molar-refractivity contribution in [1.29, 1.82) is 0 Å². The van der Waals surface area contributed by atoms with Gasteiger partial charge < -0.3 is 16.0 Å². The summed E-state index contributed by atoms with van der Waals surface area (Å²) in [6.45, 7) is 3.16. The molecule has 1 unspecified atom stereocenters. The lowest BCUT2D eigenvalue weighted by molar-refractivity contribution is 0.0963. The number of amides is 1. The zero-order valence-corrected chi connectivity index (χ0v) is 13.0. The minimum Gasteiger partial charge on any atom is -0.397 e. The molecule has 0 saturated carbocycles. The second-order valence-electron chi connectivity index (χ2n) is 5.27. The van der Waals surface area contributed by atoms with Crippen LogP contribution in [0, 0.1) is 0 Å². The van der Waals surface area contributed by atoms with Crippen LogP contribution in [0.4, 0.5) is 11.4 Å². The number of anilines is 2. The number of hydrogen-bond acceptors (Lipinski definition) is 4. The first kappa shape index (κ1) is 13.9. The third-order valence-corrected chi connectivity index (χ3v) is 5.10. The first-order chi connectivity index (χ1) is 10.1. The monoisotopic (exact) mass is 301 g/mol.